The minimum absolute atomic E-state index is 0.0412. The van der Waals surface area contributed by atoms with Gasteiger partial charge in [0.05, 0.1) is 24.0 Å². The number of nitrogens with zero attached hydrogens (tertiary/aromatic N) is 2. The van der Waals surface area contributed by atoms with Crippen LogP contribution in [0.4, 0.5) is 13.2 Å². The van der Waals surface area contributed by atoms with Gasteiger partial charge in [0.25, 0.3) is 0 Å². The highest BCUT2D eigenvalue weighted by molar-refractivity contribution is 6.76. The van der Waals surface area contributed by atoms with E-state index < -0.39 is 19.8 Å². The van der Waals surface area contributed by atoms with Crippen LogP contribution in [0.15, 0.2) is 36.5 Å². The van der Waals surface area contributed by atoms with Gasteiger partial charge in [-0.25, -0.2) is 4.68 Å². The van der Waals surface area contributed by atoms with Crippen LogP contribution in [-0.2, 0) is 22.4 Å². The minimum atomic E-state index is -4.45. The summed E-state index contributed by atoms with van der Waals surface area (Å²) < 4.78 is 55.3. The Balaban J connectivity index is 1.36. The molecule has 1 saturated carbocycles. The van der Waals surface area contributed by atoms with Crippen molar-refractivity contribution in [2.75, 3.05) is 19.8 Å². The Labute approximate surface area is 220 Å². The second-order valence-corrected chi connectivity index (χ2v) is 17.5. The number of ether oxygens (including phenoxy) is 2. The first-order chi connectivity index (χ1) is 17.6. The molecule has 2 fully saturated rings. The van der Waals surface area contributed by atoms with E-state index in [0.717, 1.165) is 50.9 Å². The fraction of sp³-hybridized carbons (Fsp3) is 0.679. The third kappa shape index (κ3) is 8.15. The summed E-state index contributed by atoms with van der Waals surface area (Å²) in [5, 5.41) is 7.84. The van der Waals surface area contributed by atoms with Gasteiger partial charge < -0.3 is 14.8 Å². The third-order valence-corrected chi connectivity index (χ3v) is 9.41. The number of aromatic nitrogens is 2. The van der Waals surface area contributed by atoms with E-state index in [-0.39, 0.29) is 30.5 Å². The van der Waals surface area contributed by atoms with Crippen molar-refractivity contribution in [3.8, 4) is 0 Å². The first-order valence-electron chi connectivity index (χ1n) is 13.7. The number of rotatable bonds is 10. The molecule has 1 N–H and O–H groups in total. The predicted molar refractivity (Wildman–Crippen MR) is 142 cm³/mol. The maximum absolute atomic E-state index is 14.0. The van der Waals surface area contributed by atoms with Crippen LogP contribution in [0.25, 0.3) is 0 Å². The second kappa shape index (κ2) is 12.4. The SMILES string of the molecule is C[Si](C)(C)CCOCn1cc(C(F)(F)F)c([C@H]2CCCN[C@H]2CO[C@H]2CC[C@@H](c3ccccc3)CC2)n1. The van der Waals surface area contributed by atoms with Crippen LogP contribution in [0.5, 0.6) is 0 Å². The van der Waals surface area contributed by atoms with E-state index >= 15 is 0 Å². The van der Waals surface area contributed by atoms with E-state index in [1.807, 2.05) is 6.07 Å². The van der Waals surface area contributed by atoms with Gasteiger partial charge in [0.2, 0.25) is 0 Å². The van der Waals surface area contributed by atoms with Crippen molar-refractivity contribution in [2.45, 2.75) is 101 Å². The van der Waals surface area contributed by atoms with Crippen LogP contribution in [-0.4, -0.2) is 49.8 Å². The Hall–Kier alpha value is -1.68. The van der Waals surface area contributed by atoms with Gasteiger partial charge in [-0.3, -0.25) is 0 Å². The average molecular weight is 538 g/mol. The Bertz CT molecular complexity index is 969. The fourth-order valence-electron chi connectivity index (χ4n) is 5.51. The summed E-state index contributed by atoms with van der Waals surface area (Å²) in [6.45, 7) is 8.52. The maximum atomic E-state index is 14.0. The maximum Gasteiger partial charge on any atom is 0.419 e. The van der Waals surface area contributed by atoms with Gasteiger partial charge in [-0.05, 0) is 62.6 Å². The molecule has 0 radical (unpaired) electrons. The van der Waals surface area contributed by atoms with Crippen molar-refractivity contribution in [1.82, 2.24) is 15.1 Å². The molecule has 0 spiro atoms. The van der Waals surface area contributed by atoms with E-state index in [2.05, 4.69) is 54.3 Å². The zero-order valence-electron chi connectivity index (χ0n) is 22.4. The van der Waals surface area contributed by atoms with Gasteiger partial charge in [-0.1, -0.05) is 50.0 Å². The number of alkyl halides is 3. The lowest BCUT2D eigenvalue weighted by Gasteiger charge is -2.35. The van der Waals surface area contributed by atoms with E-state index in [1.165, 1.54) is 10.2 Å². The summed E-state index contributed by atoms with van der Waals surface area (Å²) >= 11 is 0. The van der Waals surface area contributed by atoms with Gasteiger partial charge in [0.1, 0.15) is 6.73 Å². The Morgan fingerprint density at radius 1 is 1.05 bits per heavy atom. The smallest absolute Gasteiger partial charge is 0.377 e. The molecule has 1 aliphatic carbocycles. The fourth-order valence-corrected chi connectivity index (χ4v) is 6.27. The van der Waals surface area contributed by atoms with Crippen molar-refractivity contribution in [3.63, 3.8) is 0 Å². The van der Waals surface area contributed by atoms with Gasteiger partial charge in [0.15, 0.2) is 0 Å². The number of benzene rings is 1. The standard InChI is InChI=1S/C28H42F3N3O2Si/c1-37(2,3)17-16-35-20-34-18-25(28(29,30)31)27(33-34)24-10-7-15-32-26(24)19-36-23-13-11-22(12-14-23)21-8-5-4-6-9-21/h4-6,8-9,18,22-24,26,32H,7,10-17,19-20H2,1-3H3/t22-,23+,24-,26-/m0/s1. The number of piperidine rings is 1. The lowest BCUT2D eigenvalue weighted by atomic mass is 9.82. The summed E-state index contributed by atoms with van der Waals surface area (Å²) in [4.78, 5) is 0. The zero-order valence-corrected chi connectivity index (χ0v) is 23.4. The average Bonchev–Trinajstić information content (AvgIpc) is 3.31. The monoisotopic (exact) mass is 537 g/mol. The topological polar surface area (TPSA) is 48.3 Å². The molecule has 9 heteroatoms. The largest absolute Gasteiger partial charge is 0.419 e. The molecule has 2 aliphatic rings. The highest BCUT2D eigenvalue weighted by Gasteiger charge is 2.41. The molecular weight excluding hydrogens is 495 g/mol. The van der Waals surface area contributed by atoms with Crippen LogP contribution in [0.2, 0.25) is 25.7 Å². The lowest BCUT2D eigenvalue weighted by Crippen LogP contribution is -2.44. The third-order valence-electron chi connectivity index (χ3n) is 7.71. The molecule has 4 rings (SSSR count). The molecular formula is C28H42F3N3O2Si. The minimum Gasteiger partial charge on any atom is -0.377 e. The van der Waals surface area contributed by atoms with E-state index in [1.54, 1.807) is 0 Å². The van der Waals surface area contributed by atoms with Crippen molar-refractivity contribution in [3.05, 3.63) is 53.3 Å². The quantitative estimate of drug-likeness (QED) is 0.268. The molecule has 2 atom stereocenters. The van der Waals surface area contributed by atoms with Crippen molar-refractivity contribution >= 4 is 8.07 Å². The highest BCUT2D eigenvalue weighted by Crippen LogP contribution is 2.39. The second-order valence-electron chi connectivity index (χ2n) is 11.8. The number of hydrogen-bond acceptors (Lipinski definition) is 4. The molecule has 2 heterocycles. The number of hydrogen-bond donors (Lipinski definition) is 1. The first-order valence-corrected chi connectivity index (χ1v) is 17.4. The van der Waals surface area contributed by atoms with Gasteiger partial charge in [-0.15, -0.1) is 0 Å². The van der Waals surface area contributed by atoms with Gasteiger partial charge in [-0.2, -0.15) is 18.3 Å². The molecule has 0 unspecified atom stereocenters. The molecule has 1 aromatic heterocycles. The van der Waals surface area contributed by atoms with Crippen LogP contribution < -0.4 is 5.32 Å². The molecule has 1 saturated heterocycles. The van der Waals surface area contributed by atoms with Crippen molar-refractivity contribution < 1.29 is 22.6 Å². The first kappa shape index (κ1) is 28.3. The summed E-state index contributed by atoms with van der Waals surface area (Å²) in [5.41, 5.74) is 0.855. The number of nitrogens with one attached hydrogen (secondary N) is 1. The van der Waals surface area contributed by atoms with E-state index in [4.69, 9.17) is 9.47 Å². The molecule has 1 aromatic carbocycles. The van der Waals surface area contributed by atoms with E-state index in [0.29, 0.717) is 25.6 Å². The number of halogens is 3. The Kier molecular flexibility index (Phi) is 9.53. The highest BCUT2D eigenvalue weighted by atomic mass is 28.3. The molecule has 37 heavy (non-hydrogen) atoms. The van der Waals surface area contributed by atoms with Crippen molar-refractivity contribution in [2.24, 2.45) is 0 Å². The van der Waals surface area contributed by atoms with Crippen LogP contribution >= 0.6 is 0 Å². The van der Waals surface area contributed by atoms with Gasteiger partial charge in [0, 0.05) is 32.8 Å². The molecule has 0 amide bonds. The molecule has 1 aliphatic heterocycles. The van der Waals surface area contributed by atoms with Gasteiger partial charge >= 0.3 is 6.18 Å². The molecule has 0 bridgehead atoms. The van der Waals surface area contributed by atoms with Crippen LogP contribution in [0.1, 0.15) is 67.2 Å². The molecule has 2 aromatic rings. The van der Waals surface area contributed by atoms with E-state index in [9.17, 15) is 13.2 Å². The molecule has 206 valence electrons. The summed E-state index contributed by atoms with van der Waals surface area (Å²) in [7, 11) is -1.27. The zero-order chi connectivity index (χ0) is 26.5. The summed E-state index contributed by atoms with van der Waals surface area (Å²) in [6, 6.07) is 11.4. The summed E-state index contributed by atoms with van der Waals surface area (Å²) in [5.74, 6) is 0.224. The predicted octanol–water partition coefficient (Wildman–Crippen LogP) is 6.79. The van der Waals surface area contributed by atoms with Crippen molar-refractivity contribution in [1.29, 1.82) is 0 Å². The summed E-state index contributed by atoms with van der Waals surface area (Å²) in [6.07, 6.45) is 2.42. The Morgan fingerprint density at radius 3 is 2.46 bits per heavy atom. The lowest BCUT2D eigenvalue weighted by molar-refractivity contribution is -0.138. The normalized spacial score (nSPS) is 25.4. The van der Waals surface area contributed by atoms with Crippen LogP contribution in [0.3, 0.4) is 0 Å². The molecule has 5 nitrogen and oxygen atoms in total. The Morgan fingerprint density at radius 2 is 1.78 bits per heavy atom. The van der Waals surface area contributed by atoms with Crippen LogP contribution in [0, 0.1) is 0 Å².